The Kier molecular flexibility index (Phi) is 6.97. The summed E-state index contributed by atoms with van der Waals surface area (Å²) in [5.74, 6) is -1.27. The molecule has 1 unspecified atom stereocenters. The van der Waals surface area contributed by atoms with E-state index < -0.39 is 17.9 Å². The molecule has 1 atom stereocenters. The average molecular weight is 426 g/mol. The van der Waals surface area contributed by atoms with Gasteiger partial charge in [0.15, 0.2) is 0 Å². The monoisotopic (exact) mass is 425 g/mol. The molecule has 2 heterocycles. The number of benzene rings is 1. The van der Waals surface area contributed by atoms with Crippen molar-refractivity contribution in [2.45, 2.75) is 32.9 Å². The summed E-state index contributed by atoms with van der Waals surface area (Å²) in [6.45, 7) is 3.67. The molecule has 0 saturated carbocycles. The Hall–Kier alpha value is -3.46. The van der Waals surface area contributed by atoms with Crippen LogP contribution >= 0.6 is 11.3 Å². The maximum atomic E-state index is 12.7. The largest absolute Gasteiger partial charge is 0.339 e. The molecule has 0 fully saturated rings. The summed E-state index contributed by atoms with van der Waals surface area (Å²) in [6, 6.07) is 13.8. The standard InChI is InChI=1S/C21H23N5O3S/c1-14-11-15(2)26(25-14)13-19(27)23-24-20(28)17(12-16-7-4-3-5-8-16)22-21(29)18-9-6-10-30-18/h3-11,17H,12-13H2,1-2H3,(H,22,29)(H,23,27)(H,24,28). The SMILES string of the molecule is Cc1cc(C)n(CC(=O)NNC(=O)C(Cc2ccccc2)NC(=O)c2cccs2)n1. The van der Waals surface area contributed by atoms with Crippen molar-refractivity contribution in [2.24, 2.45) is 0 Å². The van der Waals surface area contributed by atoms with Crippen molar-refractivity contribution < 1.29 is 14.4 Å². The molecule has 0 aliphatic carbocycles. The van der Waals surface area contributed by atoms with Gasteiger partial charge >= 0.3 is 0 Å². The fourth-order valence-corrected chi connectivity index (χ4v) is 3.55. The van der Waals surface area contributed by atoms with Gasteiger partial charge in [0.05, 0.1) is 10.6 Å². The quantitative estimate of drug-likeness (QED) is 0.502. The zero-order valence-electron chi connectivity index (χ0n) is 16.7. The molecule has 9 heteroatoms. The Morgan fingerprint density at radius 2 is 1.83 bits per heavy atom. The molecule has 30 heavy (non-hydrogen) atoms. The van der Waals surface area contributed by atoms with Crippen LogP contribution in [0.3, 0.4) is 0 Å². The van der Waals surface area contributed by atoms with Gasteiger partial charge in [-0.15, -0.1) is 11.3 Å². The second-order valence-corrected chi connectivity index (χ2v) is 7.76. The van der Waals surface area contributed by atoms with Gasteiger partial charge in [0, 0.05) is 12.1 Å². The van der Waals surface area contributed by atoms with E-state index in [4.69, 9.17) is 0 Å². The molecule has 3 N–H and O–H groups in total. The Morgan fingerprint density at radius 1 is 1.07 bits per heavy atom. The third kappa shape index (κ3) is 5.77. The highest BCUT2D eigenvalue weighted by atomic mass is 32.1. The average Bonchev–Trinajstić information content (AvgIpc) is 3.36. The van der Waals surface area contributed by atoms with Crippen molar-refractivity contribution in [3.8, 4) is 0 Å². The number of carbonyl (C=O) groups is 3. The van der Waals surface area contributed by atoms with Gasteiger partial charge in [0.1, 0.15) is 12.6 Å². The number of aromatic nitrogens is 2. The molecule has 3 amide bonds. The van der Waals surface area contributed by atoms with Gasteiger partial charge in [0.2, 0.25) is 0 Å². The summed E-state index contributed by atoms with van der Waals surface area (Å²) in [5, 5.41) is 8.76. The Morgan fingerprint density at radius 3 is 2.47 bits per heavy atom. The van der Waals surface area contributed by atoms with Crippen LogP contribution in [0.4, 0.5) is 0 Å². The van der Waals surface area contributed by atoms with Crippen LogP contribution in [0.2, 0.25) is 0 Å². The summed E-state index contributed by atoms with van der Waals surface area (Å²) in [4.78, 5) is 37.9. The number of hydrogen-bond donors (Lipinski definition) is 3. The van der Waals surface area contributed by atoms with Crippen LogP contribution in [0.5, 0.6) is 0 Å². The predicted octanol–water partition coefficient (Wildman–Crippen LogP) is 1.75. The third-order valence-corrected chi connectivity index (χ3v) is 5.24. The summed E-state index contributed by atoms with van der Waals surface area (Å²) in [5.41, 5.74) is 7.35. The first-order chi connectivity index (χ1) is 14.4. The van der Waals surface area contributed by atoms with E-state index in [0.717, 1.165) is 17.0 Å². The molecular formula is C21H23N5O3S. The molecular weight excluding hydrogens is 402 g/mol. The lowest BCUT2D eigenvalue weighted by Crippen LogP contribution is -2.53. The maximum Gasteiger partial charge on any atom is 0.262 e. The van der Waals surface area contributed by atoms with E-state index in [2.05, 4.69) is 21.3 Å². The first-order valence-electron chi connectivity index (χ1n) is 9.40. The molecule has 3 aromatic rings. The lowest BCUT2D eigenvalue weighted by molar-refractivity contribution is -0.130. The molecule has 1 aromatic carbocycles. The van der Waals surface area contributed by atoms with Gasteiger partial charge in [-0.3, -0.25) is 29.9 Å². The van der Waals surface area contributed by atoms with Crippen LogP contribution in [0.25, 0.3) is 0 Å². The number of hydrogen-bond acceptors (Lipinski definition) is 5. The van der Waals surface area contributed by atoms with Crippen molar-refractivity contribution in [3.63, 3.8) is 0 Å². The molecule has 0 aliphatic heterocycles. The predicted molar refractivity (Wildman–Crippen MR) is 114 cm³/mol. The molecule has 8 nitrogen and oxygen atoms in total. The van der Waals surface area contributed by atoms with Gasteiger partial charge in [-0.2, -0.15) is 5.10 Å². The van der Waals surface area contributed by atoms with Crippen LogP contribution in [0.15, 0.2) is 53.9 Å². The topological polar surface area (TPSA) is 105 Å². The Labute approximate surface area is 178 Å². The number of amides is 3. The first-order valence-corrected chi connectivity index (χ1v) is 10.3. The van der Waals surface area contributed by atoms with E-state index in [0.29, 0.717) is 4.88 Å². The maximum absolute atomic E-state index is 12.7. The number of hydrazine groups is 1. The molecule has 2 aromatic heterocycles. The van der Waals surface area contributed by atoms with E-state index in [1.54, 1.807) is 22.2 Å². The van der Waals surface area contributed by atoms with Crippen LogP contribution in [0, 0.1) is 13.8 Å². The van der Waals surface area contributed by atoms with Crippen molar-refractivity contribution >= 4 is 29.1 Å². The smallest absolute Gasteiger partial charge is 0.262 e. The summed E-state index contributed by atoms with van der Waals surface area (Å²) >= 11 is 1.29. The number of thiophene rings is 1. The summed E-state index contributed by atoms with van der Waals surface area (Å²) in [6.07, 6.45) is 0.289. The number of aryl methyl sites for hydroxylation is 2. The normalized spacial score (nSPS) is 11.5. The highest BCUT2D eigenvalue weighted by molar-refractivity contribution is 7.12. The summed E-state index contributed by atoms with van der Waals surface area (Å²) < 4.78 is 1.55. The lowest BCUT2D eigenvalue weighted by Gasteiger charge is -2.18. The van der Waals surface area contributed by atoms with Crippen molar-refractivity contribution in [1.82, 2.24) is 25.9 Å². The molecule has 0 aliphatic rings. The van der Waals surface area contributed by atoms with E-state index in [-0.39, 0.29) is 18.9 Å². The van der Waals surface area contributed by atoms with Crippen LogP contribution in [-0.4, -0.2) is 33.5 Å². The minimum atomic E-state index is -0.851. The highest BCUT2D eigenvalue weighted by Crippen LogP contribution is 2.10. The van der Waals surface area contributed by atoms with Crippen molar-refractivity contribution in [1.29, 1.82) is 0 Å². The molecule has 0 saturated heterocycles. The minimum Gasteiger partial charge on any atom is -0.339 e. The van der Waals surface area contributed by atoms with Crippen molar-refractivity contribution in [3.05, 3.63) is 75.7 Å². The van der Waals surface area contributed by atoms with Gasteiger partial charge in [-0.25, -0.2) is 0 Å². The second kappa shape index (κ2) is 9.84. The third-order valence-electron chi connectivity index (χ3n) is 4.37. The molecule has 0 bridgehead atoms. The minimum absolute atomic E-state index is 0.0230. The van der Waals surface area contributed by atoms with E-state index >= 15 is 0 Å². The van der Waals surface area contributed by atoms with E-state index in [1.807, 2.05) is 50.2 Å². The Bertz CT molecular complexity index is 1010. The first kappa shape index (κ1) is 21.3. The zero-order chi connectivity index (χ0) is 21.5. The number of carbonyl (C=O) groups excluding carboxylic acids is 3. The van der Waals surface area contributed by atoms with Gasteiger partial charge in [0.25, 0.3) is 17.7 Å². The number of rotatable bonds is 7. The Balaban J connectivity index is 1.62. The number of nitrogens with zero attached hydrogens (tertiary/aromatic N) is 2. The summed E-state index contributed by atoms with van der Waals surface area (Å²) in [7, 11) is 0. The van der Waals surface area contributed by atoms with Gasteiger partial charge in [-0.1, -0.05) is 36.4 Å². The fraction of sp³-hybridized carbons (Fsp3) is 0.238. The number of nitrogens with one attached hydrogen (secondary N) is 3. The van der Waals surface area contributed by atoms with Gasteiger partial charge in [-0.05, 0) is 36.9 Å². The van der Waals surface area contributed by atoms with Gasteiger partial charge < -0.3 is 5.32 Å². The molecule has 0 radical (unpaired) electrons. The lowest BCUT2D eigenvalue weighted by atomic mass is 10.1. The molecule has 3 rings (SSSR count). The van der Waals surface area contributed by atoms with Crippen LogP contribution in [0.1, 0.15) is 26.6 Å². The van der Waals surface area contributed by atoms with E-state index in [1.165, 1.54) is 11.3 Å². The highest BCUT2D eigenvalue weighted by Gasteiger charge is 2.23. The fourth-order valence-electron chi connectivity index (χ4n) is 2.93. The molecule has 0 spiro atoms. The second-order valence-electron chi connectivity index (χ2n) is 6.82. The van der Waals surface area contributed by atoms with E-state index in [9.17, 15) is 14.4 Å². The zero-order valence-corrected chi connectivity index (χ0v) is 17.5. The van der Waals surface area contributed by atoms with Crippen molar-refractivity contribution in [2.75, 3.05) is 0 Å². The van der Waals surface area contributed by atoms with Crippen LogP contribution < -0.4 is 16.2 Å². The molecule has 156 valence electrons. The van der Waals surface area contributed by atoms with Crippen LogP contribution in [-0.2, 0) is 22.6 Å².